The fourth-order valence-electron chi connectivity index (χ4n) is 3.97. The van der Waals surface area contributed by atoms with E-state index in [1.807, 2.05) is 36.4 Å². The topological polar surface area (TPSA) is 113 Å². The van der Waals surface area contributed by atoms with E-state index in [4.69, 9.17) is 29.4 Å². The van der Waals surface area contributed by atoms with Crippen molar-refractivity contribution in [1.29, 1.82) is 5.26 Å². The van der Waals surface area contributed by atoms with Crippen molar-refractivity contribution in [2.24, 2.45) is 5.73 Å². The summed E-state index contributed by atoms with van der Waals surface area (Å²) in [6, 6.07) is 21.7. The zero-order valence-electron chi connectivity index (χ0n) is 20.7. The minimum atomic E-state index is -0.569. The molecule has 0 bridgehead atoms. The Morgan fingerprint density at radius 2 is 1.84 bits per heavy atom. The lowest BCUT2D eigenvalue weighted by molar-refractivity contribution is -0.136. The van der Waals surface area contributed by atoms with E-state index in [-0.39, 0.29) is 23.8 Å². The number of rotatable bonds is 10. The van der Waals surface area contributed by atoms with Crippen LogP contribution in [0.15, 0.2) is 78.2 Å². The lowest BCUT2D eigenvalue weighted by Crippen LogP contribution is -2.22. The number of para-hydroxylation sites is 1. The summed E-state index contributed by atoms with van der Waals surface area (Å²) < 4.78 is 28.0. The van der Waals surface area contributed by atoms with Crippen LogP contribution in [-0.2, 0) is 4.79 Å². The summed E-state index contributed by atoms with van der Waals surface area (Å²) >= 11 is 0. The van der Waals surface area contributed by atoms with Crippen molar-refractivity contribution in [3.8, 4) is 34.8 Å². The Morgan fingerprint density at radius 3 is 2.57 bits per heavy atom. The highest BCUT2D eigenvalue weighted by Gasteiger charge is 2.31. The van der Waals surface area contributed by atoms with E-state index in [1.54, 1.807) is 37.4 Å². The summed E-state index contributed by atoms with van der Waals surface area (Å²) in [5, 5.41) is 9.86. The van der Waals surface area contributed by atoms with E-state index in [9.17, 15) is 10.1 Å². The van der Waals surface area contributed by atoms with Crippen LogP contribution in [0.25, 0.3) is 0 Å². The number of carbonyl (C=O) groups excluding carboxylic acids is 1. The van der Waals surface area contributed by atoms with Gasteiger partial charge in [0.25, 0.3) is 0 Å². The predicted octanol–water partition coefficient (Wildman–Crippen LogP) is 5.08. The number of hydrogen-bond donors (Lipinski definition) is 1. The van der Waals surface area contributed by atoms with Crippen LogP contribution in [0, 0.1) is 11.3 Å². The third kappa shape index (κ3) is 5.96. The molecule has 8 heteroatoms. The van der Waals surface area contributed by atoms with Gasteiger partial charge in [0.2, 0.25) is 5.88 Å². The van der Waals surface area contributed by atoms with Gasteiger partial charge in [0.05, 0.1) is 19.6 Å². The van der Waals surface area contributed by atoms with Gasteiger partial charge in [-0.1, -0.05) is 43.7 Å². The van der Waals surface area contributed by atoms with E-state index >= 15 is 0 Å². The van der Waals surface area contributed by atoms with E-state index < -0.39 is 11.9 Å². The number of hydrogen-bond acceptors (Lipinski definition) is 8. The highest BCUT2D eigenvalue weighted by atomic mass is 16.6. The summed E-state index contributed by atoms with van der Waals surface area (Å²) in [6.45, 7) is 2.43. The third-order valence-corrected chi connectivity index (χ3v) is 5.80. The fourth-order valence-corrected chi connectivity index (χ4v) is 3.97. The molecule has 0 saturated carbocycles. The van der Waals surface area contributed by atoms with Crippen molar-refractivity contribution in [3.05, 3.63) is 89.3 Å². The second-order valence-electron chi connectivity index (χ2n) is 8.31. The van der Waals surface area contributed by atoms with E-state index in [0.29, 0.717) is 35.2 Å². The van der Waals surface area contributed by atoms with E-state index in [0.717, 1.165) is 18.4 Å². The zero-order valence-corrected chi connectivity index (χ0v) is 20.7. The first-order chi connectivity index (χ1) is 18.0. The molecule has 1 unspecified atom stereocenters. The third-order valence-electron chi connectivity index (χ3n) is 5.80. The molecule has 0 fully saturated rings. The van der Waals surface area contributed by atoms with Gasteiger partial charge in [-0.3, -0.25) is 0 Å². The van der Waals surface area contributed by atoms with Crippen LogP contribution in [0.3, 0.4) is 0 Å². The molecule has 4 rings (SSSR count). The molecule has 8 nitrogen and oxygen atoms in total. The quantitative estimate of drug-likeness (QED) is 0.233. The van der Waals surface area contributed by atoms with Crippen LogP contribution in [0.2, 0.25) is 0 Å². The second kappa shape index (κ2) is 11.9. The van der Waals surface area contributed by atoms with Crippen molar-refractivity contribution in [1.82, 2.24) is 0 Å². The van der Waals surface area contributed by atoms with Gasteiger partial charge in [-0.2, -0.15) is 5.26 Å². The van der Waals surface area contributed by atoms with Crippen molar-refractivity contribution in [2.75, 3.05) is 20.3 Å². The lowest BCUT2D eigenvalue weighted by Gasteiger charge is -2.27. The number of benzene rings is 3. The summed E-state index contributed by atoms with van der Waals surface area (Å²) in [4.78, 5) is 12.3. The summed E-state index contributed by atoms with van der Waals surface area (Å²) in [6.07, 6.45) is 1.95. The number of nitrogens with two attached hydrogens (primary N) is 1. The van der Waals surface area contributed by atoms with Gasteiger partial charge in [-0.05, 0) is 42.3 Å². The second-order valence-corrected chi connectivity index (χ2v) is 8.31. The molecule has 3 aromatic rings. The Bertz CT molecular complexity index is 1330. The van der Waals surface area contributed by atoms with Gasteiger partial charge in [0.1, 0.15) is 28.9 Å². The molecule has 0 spiro atoms. The number of allylic oxidation sites excluding steroid dienone is 1. The molecule has 3 aromatic carbocycles. The summed E-state index contributed by atoms with van der Waals surface area (Å²) in [5.41, 5.74) is 7.89. The SMILES string of the molecule is CCCCOc1ccc(C2C(C#N)=C(N)Oc3cc(OC(=O)COc4ccccc4)ccc32)cc1OC. The van der Waals surface area contributed by atoms with Crippen LogP contribution in [-0.4, -0.2) is 26.3 Å². The van der Waals surface area contributed by atoms with Crippen LogP contribution < -0.4 is 29.4 Å². The molecular weight excluding hydrogens is 472 g/mol. The van der Waals surface area contributed by atoms with Crippen LogP contribution in [0.5, 0.6) is 28.7 Å². The fraction of sp³-hybridized carbons (Fsp3) is 0.241. The molecule has 0 aliphatic carbocycles. The van der Waals surface area contributed by atoms with Crippen LogP contribution >= 0.6 is 0 Å². The number of unbranched alkanes of at least 4 members (excludes halogenated alkanes) is 1. The highest BCUT2D eigenvalue weighted by Crippen LogP contribution is 2.45. The predicted molar refractivity (Wildman–Crippen MR) is 137 cm³/mol. The maximum atomic E-state index is 12.3. The Labute approximate surface area is 215 Å². The van der Waals surface area contributed by atoms with Crippen molar-refractivity contribution in [2.45, 2.75) is 25.7 Å². The standard InChI is InChI=1S/C29H28N2O6/c1-3-4-14-34-24-13-10-19(15-26(24)33-2)28-22-12-11-21(16-25(22)37-29(31)23(28)17-30)36-27(32)18-35-20-8-6-5-7-9-20/h5-13,15-16,28H,3-4,14,18,31H2,1-2H3. The van der Waals surface area contributed by atoms with Crippen LogP contribution in [0.4, 0.5) is 0 Å². The minimum absolute atomic E-state index is 0.0156. The molecule has 1 atom stereocenters. The van der Waals surface area contributed by atoms with Gasteiger partial charge >= 0.3 is 5.97 Å². The normalized spacial score (nSPS) is 14.1. The number of nitriles is 1. The Balaban J connectivity index is 1.57. The largest absolute Gasteiger partial charge is 0.493 e. The first-order valence-electron chi connectivity index (χ1n) is 11.9. The molecule has 1 aliphatic rings. The van der Waals surface area contributed by atoms with Gasteiger partial charge in [0.15, 0.2) is 18.1 Å². The molecule has 1 heterocycles. The lowest BCUT2D eigenvalue weighted by atomic mass is 9.83. The van der Waals surface area contributed by atoms with Gasteiger partial charge in [-0.15, -0.1) is 0 Å². The first kappa shape index (κ1) is 25.5. The molecular formula is C29H28N2O6. The zero-order chi connectivity index (χ0) is 26.2. The smallest absolute Gasteiger partial charge is 0.349 e. The number of nitrogens with zero attached hydrogens (tertiary/aromatic N) is 1. The van der Waals surface area contributed by atoms with Gasteiger partial charge in [-0.25, -0.2) is 4.79 Å². The van der Waals surface area contributed by atoms with Crippen molar-refractivity contribution in [3.63, 3.8) is 0 Å². The summed E-state index contributed by atoms with van der Waals surface area (Å²) in [7, 11) is 1.57. The van der Waals surface area contributed by atoms with Gasteiger partial charge < -0.3 is 29.4 Å². The highest BCUT2D eigenvalue weighted by molar-refractivity contribution is 5.74. The molecule has 0 saturated heterocycles. The Hall–Kier alpha value is -4.64. The number of esters is 1. The molecule has 190 valence electrons. The summed E-state index contributed by atoms with van der Waals surface area (Å²) in [5.74, 6) is 1.32. The molecule has 0 radical (unpaired) electrons. The number of ether oxygens (including phenoxy) is 5. The molecule has 0 amide bonds. The van der Waals surface area contributed by atoms with Crippen molar-refractivity contribution >= 4 is 5.97 Å². The maximum absolute atomic E-state index is 12.3. The van der Waals surface area contributed by atoms with Crippen molar-refractivity contribution < 1.29 is 28.5 Å². The van der Waals surface area contributed by atoms with E-state index in [1.165, 1.54) is 0 Å². The van der Waals surface area contributed by atoms with Crippen LogP contribution in [0.1, 0.15) is 36.8 Å². The molecule has 1 aliphatic heterocycles. The maximum Gasteiger partial charge on any atom is 0.349 e. The minimum Gasteiger partial charge on any atom is -0.493 e. The Morgan fingerprint density at radius 1 is 1.03 bits per heavy atom. The molecule has 37 heavy (non-hydrogen) atoms. The average Bonchev–Trinajstić information content (AvgIpc) is 2.92. The molecule has 0 aromatic heterocycles. The van der Waals surface area contributed by atoms with E-state index in [2.05, 4.69) is 13.0 Å². The van der Waals surface area contributed by atoms with Gasteiger partial charge in [0, 0.05) is 11.6 Å². The number of methoxy groups -OCH3 is 1. The average molecular weight is 501 g/mol. The number of fused-ring (bicyclic) bond motifs is 1. The Kier molecular flexibility index (Phi) is 8.16. The monoisotopic (exact) mass is 500 g/mol. The first-order valence-corrected chi connectivity index (χ1v) is 11.9. The number of carbonyl (C=O) groups is 1. The molecule has 2 N–H and O–H groups in total.